The molecule has 158 valence electrons. The minimum atomic E-state index is -0.397. The number of carbonyl (C=O) groups excluding carboxylic acids is 1. The number of amides is 1. The normalized spacial score (nSPS) is 12.1. The van der Waals surface area contributed by atoms with Gasteiger partial charge in [0.2, 0.25) is 0 Å². The van der Waals surface area contributed by atoms with Gasteiger partial charge in [0.1, 0.15) is 0 Å². The Morgan fingerprint density at radius 3 is 2.70 bits per heavy atom. The summed E-state index contributed by atoms with van der Waals surface area (Å²) in [6.45, 7) is 7.20. The molecule has 0 saturated heterocycles. The van der Waals surface area contributed by atoms with Crippen molar-refractivity contribution in [3.8, 4) is 11.3 Å². The Morgan fingerprint density at radius 1 is 1.30 bits per heavy atom. The quantitative estimate of drug-likeness (QED) is 0.470. The minimum Gasteiger partial charge on any atom is -0.443 e. The van der Waals surface area contributed by atoms with Gasteiger partial charge in [0.25, 0.3) is 11.5 Å². The standard InChI is InChI=1S/C21H25N5O4/c1-11(2)18-17(7-14(20(28)26-18)19-13(4)23-10-30-19)25-16-5-6-22-8-15(16)21(29)24-12(3)9-27/h5-8,10-12,27H,9H2,1-4H3,(H,22,25)(H,24,29)(H,26,28). The Morgan fingerprint density at radius 2 is 2.07 bits per heavy atom. The number of hydrogen-bond donors (Lipinski definition) is 4. The van der Waals surface area contributed by atoms with Crippen molar-refractivity contribution in [3.63, 3.8) is 0 Å². The van der Waals surface area contributed by atoms with E-state index in [1.165, 1.54) is 12.6 Å². The Bertz CT molecular complexity index is 1100. The molecule has 9 nitrogen and oxygen atoms in total. The fourth-order valence-corrected chi connectivity index (χ4v) is 3.01. The lowest BCUT2D eigenvalue weighted by molar-refractivity contribution is 0.0923. The number of aryl methyl sites for hydroxylation is 1. The summed E-state index contributed by atoms with van der Waals surface area (Å²) in [7, 11) is 0. The van der Waals surface area contributed by atoms with Gasteiger partial charge in [-0.3, -0.25) is 14.6 Å². The molecule has 0 bridgehead atoms. The van der Waals surface area contributed by atoms with Crippen LogP contribution in [0, 0.1) is 6.92 Å². The van der Waals surface area contributed by atoms with Gasteiger partial charge in [-0.05, 0) is 31.9 Å². The summed E-state index contributed by atoms with van der Waals surface area (Å²) < 4.78 is 5.40. The van der Waals surface area contributed by atoms with E-state index in [2.05, 4.69) is 25.6 Å². The van der Waals surface area contributed by atoms with Crippen LogP contribution in [-0.4, -0.2) is 38.6 Å². The smallest absolute Gasteiger partial charge is 0.259 e. The third-order valence-corrected chi connectivity index (χ3v) is 4.63. The molecule has 0 spiro atoms. The number of carbonyl (C=O) groups is 1. The van der Waals surface area contributed by atoms with Gasteiger partial charge >= 0.3 is 0 Å². The summed E-state index contributed by atoms with van der Waals surface area (Å²) in [5.41, 5.74) is 2.81. The predicted molar refractivity (Wildman–Crippen MR) is 113 cm³/mol. The monoisotopic (exact) mass is 411 g/mol. The van der Waals surface area contributed by atoms with E-state index in [1.807, 2.05) is 13.8 Å². The lowest BCUT2D eigenvalue weighted by atomic mass is 10.0. The van der Waals surface area contributed by atoms with Crippen molar-refractivity contribution in [2.45, 2.75) is 39.7 Å². The first-order valence-electron chi connectivity index (χ1n) is 9.62. The van der Waals surface area contributed by atoms with Gasteiger partial charge in [0.05, 0.1) is 34.8 Å². The number of aliphatic hydroxyl groups is 1. The average Bonchev–Trinajstić information content (AvgIpc) is 3.14. The average molecular weight is 411 g/mol. The number of pyridine rings is 2. The molecule has 4 N–H and O–H groups in total. The third-order valence-electron chi connectivity index (χ3n) is 4.63. The molecule has 0 aromatic carbocycles. The highest BCUT2D eigenvalue weighted by atomic mass is 16.3. The largest absolute Gasteiger partial charge is 0.443 e. The molecule has 3 aromatic heterocycles. The van der Waals surface area contributed by atoms with Crippen LogP contribution < -0.4 is 16.2 Å². The number of aromatic nitrogens is 3. The second-order valence-corrected chi connectivity index (χ2v) is 7.36. The molecule has 0 aliphatic rings. The molecule has 0 saturated carbocycles. The number of aromatic amines is 1. The number of nitrogens with one attached hydrogen (secondary N) is 3. The highest BCUT2D eigenvalue weighted by Crippen LogP contribution is 2.30. The maximum Gasteiger partial charge on any atom is 0.259 e. The van der Waals surface area contributed by atoms with Gasteiger partial charge in [-0.25, -0.2) is 4.98 Å². The SMILES string of the molecule is Cc1ncoc1-c1cc(Nc2ccncc2C(=O)NC(C)CO)c(C(C)C)[nH]c1=O. The molecule has 3 aromatic rings. The zero-order valence-corrected chi connectivity index (χ0v) is 17.3. The summed E-state index contributed by atoms with van der Waals surface area (Å²) in [4.78, 5) is 36.3. The summed E-state index contributed by atoms with van der Waals surface area (Å²) in [5.74, 6) is 0.0339. The first kappa shape index (κ1) is 21.3. The van der Waals surface area contributed by atoms with Crippen LogP contribution in [-0.2, 0) is 0 Å². The van der Waals surface area contributed by atoms with Gasteiger partial charge < -0.3 is 25.1 Å². The van der Waals surface area contributed by atoms with Crippen molar-refractivity contribution < 1.29 is 14.3 Å². The second-order valence-electron chi connectivity index (χ2n) is 7.36. The molecule has 0 aliphatic heterocycles. The minimum absolute atomic E-state index is 0.0126. The van der Waals surface area contributed by atoms with Crippen LogP contribution in [0.3, 0.4) is 0 Å². The van der Waals surface area contributed by atoms with Crippen molar-refractivity contribution in [2.24, 2.45) is 0 Å². The summed E-state index contributed by atoms with van der Waals surface area (Å²) in [5, 5.41) is 15.2. The molecule has 0 fully saturated rings. The van der Waals surface area contributed by atoms with E-state index in [1.54, 1.807) is 32.2 Å². The summed E-state index contributed by atoms with van der Waals surface area (Å²) >= 11 is 0. The molecule has 1 unspecified atom stereocenters. The van der Waals surface area contributed by atoms with E-state index in [4.69, 9.17) is 4.42 Å². The van der Waals surface area contributed by atoms with E-state index < -0.39 is 6.04 Å². The van der Waals surface area contributed by atoms with Crippen molar-refractivity contribution in [2.75, 3.05) is 11.9 Å². The number of hydrogen-bond acceptors (Lipinski definition) is 7. The number of rotatable bonds is 7. The molecule has 1 atom stereocenters. The molecule has 9 heteroatoms. The maximum atomic E-state index is 12.7. The second kappa shape index (κ2) is 8.91. The van der Waals surface area contributed by atoms with E-state index in [-0.39, 0.29) is 24.0 Å². The molecule has 0 aliphatic carbocycles. The summed E-state index contributed by atoms with van der Waals surface area (Å²) in [6, 6.07) is 2.97. The van der Waals surface area contributed by atoms with Gasteiger partial charge in [0, 0.05) is 24.1 Å². The van der Waals surface area contributed by atoms with Gasteiger partial charge in [-0.1, -0.05) is 13.8 Å². The summed E-state index contributed by atoms with van der Waals surface area (Å²) in [6.07, 6.45) is 4.31. The van der Waals surface area contributed by atoms with Crippen LogP contribution in [0.1, 0.15) is 48.4 Å². The van der Waals surface area contributed by atoms with Crippen LogP contribution in [0.2, 0.25) is 0 Å². The highest BCUT2D eigenvalue weighted by molar-refractivity contribution is 6.00. The third kappa shape index (κ3) is 4.41. The fourth-order valence-electron chi connectivity index (χ4n) is 3.01. The number of aliphatic hydroxyl groups excluding tert-OH is 1. The zero-order valence-electron chi connectivity index (χ0n) is 17.3. The van der Waals surface area contributed by atoms with Crippen LogP contribution in [0.15, 0.2) is 40.1 Å². The highest BCUT2D eigenvalue weighted by Gasteiger charge is 2.19. The molecule has 30 heavy (non-hydrogen) atoms. The van der Waals surface area contributed by atoms with Gasteiger partial charge in [-0.15, -0.1) is 0 Å². The van der Waals surface area contributed by atoms with E-state index in [9.17, 15) is 14.7 Å². The Hall–Kier alpha value is -3.46. The van der Waals surface area contributed by atoms with Crippen molar-refractivity contribution in [1.29, 1.82) is 0 Å². The molecular weight excluding hydrogens is 386 g/mol. The van der Waals surface area contributed by atoms with Crippen LogP contribution in [0.25, 0.3) is 11.3 Å². The van der Waals surface area contributed by atoms with E-state index in [0.717, 1.165) is 0 Å². The lowest BCUT2D eigenvalue weighted by Gasteiger charge is -2.18. The van der Waals surface area contributed by atoms with Gasteiger partial charge in [-0.2, -0.15) is 0 Å². The van der Waals surface area contributed by atoms with Crippen LogP contribution in [0.5, 0.6) is 0 Å². The number of anilines is 2. The maximum absolute atomic E-state index is 12.7. The molecule has 3 heterocycles. The van der Waals surface area contributed by atoms with Crippen LogP contribution >= 0.6 is 0 Å². The molecule has 3 rings (SSSR count). The Balaban J connectivity index is 2.06. The van der Waals surface area contributed by atoms with Crippen LogP contribution in [0.4, 0.5) is 11.4 Å². The first-order chi connectivity index (χ1) is 14.3. The lowest BCUT2D eigenvalue weighted by Crippen LogP contribution is -2.35. The predicted octanol–water partition coefficient (Wildman–Crippen LogP) is 2.71. The van der Waals surface area contributed by atoms with Crippen molar-refractivity contribution in [3.05, 3.63) is 58.2 Å². The van der Waals surface area contributed by atoms with Crippen molar-refractivity contribution in [1.82, 2.24) is 20.3 Å². The fraction of sp³-hybridized carbons (Fsp3) is 0.333. The number of H-pyrrole nitrogens is 1. The zero-order chi connectivity index (χ0) is 21.8. The Kier molecular flexibility index (Phi) is 6.31. The number of oxazole rings is 1. The molecule has 1 amide bonds. The van der Waals surface area contributed by atoms with E-state index >= 15 is 0 Å². The molecule has 0 radical (unpaired) electrons. The van der Waals surface area contributed by atoms with E-state index in [0.29, 0.717) is 39.6 Å². The Labute approximate surface area is 173 Å². The molecular formula is C21H25N5O4. The first-order valence-corrected chi connectivity index (χ1v) is 9.62. The topological polar surface area (TPSA) is 133 Å². The number of nitrogens with zero attached hydrogens (tertiary/aromatic N) is 2. The van der Waals surface area contributed by atoms with Gasteiger partial charge in [0.15, 0.2) is 12.2 Å². The van der Waals surface area contributed by atoms with Crippen molar-refractivity contribution >= 4 is 17.3 Å².